The number of rotatable bonds is 6. The SMILES string of the molecule is COc1cc2c(cc1OC)C(c1ccccc1)N(C(=O)CCc1ccccc1)CC2. The van der Waals surface area contributed by atoms with Gasteiger partial charge >= 0.3 is 0 Å². The smallest absolute Gasteiger partial charge is 0.223 e. The van der Waals surface area contributed by atoms with Crippen LogP contribution in [0, 0.1) is 0 Å². The molecule has 1 amide bonds. The summed E-state index contributed by atoms with van der Waals surface area (Å²) in [6, 6.07) is 24.4. The minimum atomic E-state index is -0.127. The molecule has 1 unspecified atom stereocenters. The zero-order chi connectivity index (χ0) is 20.9. The lowest BCUT2D eigenvalue weighted by atomic mass is 9.87. The van der Waals surface area contributed by atoms with Crippen LogP contribution in [0.25, 0.3) is 0 Å². The van der Waals surface area contributed by atoms with Gasteiger partial charge in [0, 0.05) is 13.0 Å². The van der Waals surface area contributed by atoms with Crippen molar-refractivity contribution in [3.63, 3.8) is 0 Å². The number of carbonyl (C=O) groups is 1. The average Bonchev–Trinajstić information content (AvgIpc) is 2.82. The molecule has 1 aliphatic rings. The van der Waals surface area contributed by atoms with Crippen molar-refractivity contribution in [1.82, 2.24) is 4.90 Å². The molecule has 0 aliphatic carbocycles. The monoisotopic (exact) mass is 401 g/mol. The Hall–Kier alpha value is -3.27. The van der Waals surface area contributed by atoms with E-state index in [1.807, 2.05) is 47.4 Å². The molecule has 0 fully saturated rings. The molecule has 1 aliphatic heterocycles. The van der Waals surface area contributed by atoms with Gasteiger partial charge in [-0.05, 0) is 47.2 Å². The molecule has 0 aromatic heterocycles. The Morgan fingerprint density at radius 2 is 1.57 bits per heavy atom. The molecule has 30 heavy (non-hydrogen) atoms. The van der Waals surface area contributed by atoms with E-state index in [1.54, 1.807) is 14.2 Å². The molecule has 1 atom stereocenters. The maximum absolute atomic E-state index is 13.3. The Kier molecular flexibility index (Phi) is 6.03. The summed E-state index contributed by atoms with van der Waals surface area (Å²) in [6.07, 6.45) is 2.04. The van der Waals surface area contributed by atoms with Gasteiger partial charge in [0.05, 0.1) is 20.3 Å². The van der Waals surface area contributed by atoms with Crippen molar-refractivity contribution in [2.45, 2.75) is 25.3 Å². The highest BCUT2D eigenvalue weighted by molar-refractivity contribution is 5.78. The fourth-order valence-corrected chi connectivity index (χ4v) is 4.25. The third-order valence-corrected chi connectivity index (χ3v) is 5.78. The number of carbonyl (C=O) groups excluding carboxylic acids is 1. The summed E-state index contributed by atoms with van der Waals surface area (Å²) in [4.78, 5) is 15.3. The molecule has 0 saturated heterocycles. The van der Waals surface area contributed by atoms with Gasteiger partial charge in [0.25, 0.3) is 0 Å². The van der Waals surface area contributed by atoms with Crippen molar-refractivity contribution in [3.05, 3.63) is 95.1 Å². The molecule has 154 valence electrons. The van der Waals surface area contributed by atoms with Gasteiger partial charge in [0.2, 0.25) is 5.91 Å². The molecule has 0 spiro atoms. The van der Waals surface area contributed by atoms with Crippen LogP contribution in [0.15, 0.2) is 72.8 Å². The van der Waals surface area contributed by atoms with Crippen LogP contribution in [0.3, 0.4) is 0 Å². The molecule has 0 radical (unpaired) electrons. The first kappa shape index (κ1) is 20.0. The van der Waals surface area contributed by atoms with Gasteiger partial charge < -0.3 is 14.4 Å². The van der Waals surface area contributed by atoms with E-state index in [1.165, 1.54) is 11.1 Å². The predicted molar refractivity (Wildman–Crippen MR) is 118 cm³/mol. The van der Waals surface area contributed by atoms with E-state index in [4.69, 9.17) is 9.47 Å². The second kappa shape index (κ2) is 9.04. The molecule has 0 bridgehead atoms. The van der Waals surface area contributed by atoms with E-state index >= 15 is 0 Å². The normalized spacial score (nSPS) is 15.4. The van der Waals surface area contributed by atoms with Gasteiger partial charge in [0.1, 0.15) is 0 Å². The van der Waals surface area contributed by atoms with Crippen LogP contribution in [0.4, 0.5) is 0 Å². The molecule has 0 saturated carbocycles. The zero-order valence-corrected chi connectivity index (χ0v) is 17.5. The van der Waals surface area contributed by atoms with Crippen molar-refractivity contribution in [2.75, 3.05) is 20.8 Å². The molecule has 3 aromatic rings. The number of hydrogen-bond donors (Lipinski definition) is 0. The third kappa shape index (κ3) is 4.04. The Morgan fingerprint density at radius 3 is 2.23 bits per heavy atom. The predicted octanol–water partition coefficient (Wildman–Crippen LogP) is 4.81. The Balaban J connectivity index is 1.68. The van der Waals surface area contributed by atoms with Crippen LogP contribution >= 0.6 is 0 Å². The highest BCUT2D eigenvalue weighted by Gasteiger charge is 2.33. The van der Waals surface area contributed by atoms with Gasteiger partial charge in [-0.2, -0.15) is 0 Å². The maximum atomic E-state index is 13.3. The number of benzene rings is 3. The highest BCUT2D eigenvalue weighted by Crippen LogP contribution is 2.41. The lowest BCUT2D eigenvalue weighted by Gasteiger charge is -2.38. The largest absolute Gasteiger partial charge is 0.493 e. The number of ether oxygens (including phenoxy) is 2. The quantitative estimate of drug-likeness (QED) is 0.595. The van der Waals surface area contributed by atoms with Crippen molar-refractivity contribution in [1.29, 1.82) is 0 Å². The van der Waals surface area contributed by atoms with Crippen LogP contribution in [0.2, 0.25) is 0 Å². The number of amides is 1. The van der Waals surface area contributed by atoms with Crippen molar-refractivity contribution in [3.8, 4) is 11.5 Å². The Morgan fingerprint density at radius 1 is 0.933 bits per heavy atom. The van der Waals surface area contributed by atoms with E-state index < -0.39 is 0 Å². The summed E-state index contributed by atoms with van der Waals surface area (Å²) in [5.41, 5.74) is 4.61. The van der Waals surface area contributed by atoms with Gasteiger partial charge in [-0.3, -0.25) is 4.79 Å². The third-order valence-electron chi connectivity index (χ3n) is 5.78. The summed E-state index contributed by atoms with van der Waals surface area (Å²) in [5, 5.41) is 0. The van der Waals surface area contributed by atoms with Gasteiger partial charge in [-0.1, -0.05) is 60.7 Å². The molecule has 3 aromatic carbocycles. The molecular formula is C26H27NO3. The van der Waals surface area contributed by atoms with Gasteiger partial charge in [-0.25, -0.2) is 0 Å². The fraction of sp³-hybridized carbons (Fsp3) is 0.269. The molecular weight excluding hydrogens is 374 g/mol. The summed E-state index contributed by atoms with van der Waals surface area (Å²) < 4.78 is 11.1. The second-order valence-corrected chi connectivity index (χ2v) is 7.54. The summed E-state index contributed by atoms with van der Waals surface area (Å²) >= 11 is 0. The summed E-state index contributed by atoms with van der Waals surface area (Å²) in [6.45, 7) is 0.690. The number of methoxy groups -OCH3 is 2. The van der Waals surface area contributed by atoms with Crippen LogP contribution in [-0.4, -0.2) is 31.6 Å². The molecule has 4 rings (SSSR count). The van der Waals surface area contributed by atoms with E-state index in [9.17, 15) is 4.79 Å². The number of nitrogens with zero attached hydrogens (tertiary/aromatic N) is 1. The van der Waals surface area contributed by atoms with Gasteiger partial charge in [0.15, 0.2) is 11.5 Å². The Labute approximate surface area is 178 Å². The second-order valence-electron chi connectivity index (χ2n) is 7.54. The van der Waals surface area contributed by atoms with E-state index in [0.717, 1.165) is 29.7 Å². The maximum Gasteiger partial charge on any atom is 0.223 e. The first-order valence-electron chi connectivity index (χ1n) is 10.3. The van der Waals surface area contributed by atoms with Crippen LogP contribution in [0.5, 0.6) is 11.5 Å². The van der Waals surface area contributed by atoms with Crippen LogP contribution in [0.1, 0.15) is 34.7 Å². The van der Waals surface area contributed by atoms with Crippen molar-refractivity contribution in [2.24, 2.45) is 0 Å². The number of fused-ring (bicyclic) bond motifs is 1. The summed E-state index contributed by atoms with van der Waals surface area (Å²) in [7, 11) is 3.30. The van der Waals surface area contributed by atoms with E-state index in [-0.39, 0.29) is 11.9 Å². The average molecular weight is 402 g/mol. The topological polar surface area (TPSA) is 38.8 Å². The first-order chi connectivity index (χ1) is 14.7. The number of hydrogen-bond acceptors (Lipinski definition) is 3. The minimum absolute atomic E-state index is 0.127. The fourth-order valence-electron chi connectivity index (χ4n) is 4.25. The van der Waals surface area contributed by atoms with Crippen molar-refractivity contribution < 1.29 is 14.3 Å². The van der Waals surface area contributed by atoms with E-state index in [2.05, 4.69) is 30.3 Å². The Bertz CT molecular complexity index is 1000. The lowest BCUT2D eigenvalue weighted by Crippen LogP contribution is -2.40. The molecule has 4 nitrogen and oxygen atoms in total. The van der Waals surface area contributed by atoms with E-state index in [0.29, 0.717) is 18.7 Å². The van der Waals surface area contributed by atoms with Gasteiger partial charge in [-0.15, -0.1) is 0 Å². The number of aryl methyl sites for hydroxylation is 1. The standard InChI is InChI=1S/C26H27NO3/c1-29-23-17-21-15-16-27(25(28)14-13-19-9-5-3-6-10-19)26(20-11-7-4-8-12-20)22(21)18-24(23)30-2/h3-12,17-18,26H,13-16H2,1-2H3. The van der Waals surface area contributed by atoms with Crippen LogP contribution < -0.4 is 9.47 Å². The van der Waals surface area contributed by atoms with Crippen molar-refractivity contribution >= 4 is 5.91 Å². The summed E-state index contributed by atoms with van der Waals surface area (Å²) in [5.74, 6) is 1.59. The molecule has 4 heteroatoms. The molecule has 1 heterocycles. The highest BCUT2D eigenvalue weighted by atomic mass is 16.5. The minimum Gasteiger partial charge on any atom is -0.493 e. The lowest BCUT2D eigenvalue weighted by molar-refractivity contribution is -0.133. The first-order valence-corrected chi connectivity index (χ1v) is 10.3. The molecule has 0 N–H and O–H groups in total. The van der Waals surface area contributed by atoms with Crippen LogP contribution in [-0.2, 0) is 17.6 Å². The zero-order valence-electron chi connectivity index (χ0n) is 17.5.